The van der Waals surface area contributed by atoms with Crippen LogP contribution < -0.4 is 5.32 Å². The molecule has 0 bridgehead atoms. The van der Waals surface area contributed by atoms with Gasteiger partial charge < -0.3 is 10.3 Å². The van der Waals surface area contributed by atoms with Crippen molar-refractivity contribution in [2.75, 3.05) is 25.5 Å². The monoisotopic (exact) mass is 573 g/mol. The van der Waals surface area contributed by atoms with Crippen LogP contribution in [0, 0.1) is 31.0 Å². The molecule has 9 nitrogen and oxygen atoms in total. The standard InChI is InChI=1S/C30H32FN7O2S/c1-20-27(21(2)34-29(20)18-32)19-37(3)25-13-16-38(17-14-25)41(39,40)26-10-8-24(9-11-26)35-30-33-15-12-28(36-30)22-4-6-23(31)7-5-22/h4-12,15,25,34H,13-14,16-17,19H2,1-3H3,(H,33,35,36). The van der Waals surface area contributed by atoms with Crippen LogP contribution in [-0.2, 0) is 16.6 Å². The third-order valence-corrected chi connectivity index (χ3v) is 9.62. The molecule has 1 fully saturated rings. The number of aromatic amines is 1. The van der Waals surface area contributed by atoms with E-state index in [1.54, 1.807) is 53.0 Å². The molecule has 1 saturated heterocycles. The molecule has 0 atom stereocenters. The highest BCUT2D eigenvalue weighted by Gasteiger charge is 2.31. The van der Waals surface area contributed by atoms with Crippen molar-refractivity contribution >= 4 is 21.7 Å². The van der Waals surface area contributed by atoms with Crippen LogP contribution in [0.15, 0.2) is 65.7 Å². The molecule has 2 aromatic carbocycles. The molecule has 11 heteroatoms. The van der Waals surface area contributed by atoms with E-state index in [0.29, 0.717) is 42.7 Å². The Labute approximate surface area is 239 Å². The molecule has 5 rings (SSSR count). The summed E-state index contributed by atoms with van der Waals surface area (Å²) < 4.78 is 41.6. The van der Waals surface area contributed by atoms with Crippen molar-refractivity contribution in [3.8, 4) is 17.3 Å². The third kappa shape index (κ3) is 6.15. The Morgan fingerprint density at radius 3 is 2.41 bits per heavy atom. The zero-order valence-corrected chi connectivity index (χ0v) is 24.0. The molecule has 3 heterocycles. The molecule has 41 heavy (non-hydrogen) atoms. The van der Waals surface area contributed by atoms with Crippen molar-refractivity contribution in [1.82, 2.24) is 24.2 Å². The quantitative estimate of drug-likeness (QED) is 0.300. The van der Waals surface area contributed by atoms with E-state index in [9.17, 15) is 18.1 Å². The van der Waals surface area contributed by atoms with Crippen molar-refractivity contribution in [2.24, 2.45) is 0 Å². The van der Waals surface area contributed by atoms with Gasteiger partial charge in [-0.15, -0.1) is 0 Å². The highest BCUT2D eigenvalue weighted by atomic mass is 32.2. The maximum atomic E-state index is 13.4. The highest BCUT2D eigenvalue weighted by Crippen LogP contribution is 2.27. The molecule has 0 unspecified atom stereocenters. The average molecular weight is 574 g/mol. The fraction of sp³-hybridized carbons (Fsp3) is 0.300. The van der Waals surface area contributed by atoms with E-state index >= 15 is 0 Å². The number of benzene rings is 2. The van der Waals surface area contributed by atoms with Crippen LogP contribution >= 0.6 is 0 Å². The Kier molecular flexibility index (Phi) is 8.17. The Bertz CT molecular complexity index is 1670. The molecule has 1 aliphatic rings. The molecule has 2 N–H and O–H groups in total. The van der Waals surface area contributed by atoms with Crippen molar-refractivity contribution in [2.45, 2.75) is 44.2 Å². The normalized spacial score (nSPS) is 14.7. The van der Waals surface area contributed by atoms with Crippen LogP contribution in [0.2, 0.25) is 0 Å². The van der Waals surface area contributed by atoms with Gasteiger partial charge >= 0.3 is 0 Å². The number of piperidine rings is 1. The summed E-state index contributed by atoms with van der Waals surface area (Å²) in [4.78, 5) is 14.4. The van der Waals surface area contributed by atoms with Crippen molar-refractivity contribution < 1.29 is 12.8 Å². The third-order valence-electron chi connectivity index (χ3n) is 7.70. The van der Waals surface area contributed by atoms with Crippen LogP contribution in [-0.4, -0.2) is 58.8 Å². The first-order chi connectivity index (χ1) is 19.7. The summed E-state index contributed by atoms with van der Waals surface area (Å²) >= 11 is 0. The summed E-state index contributed by atoms with van der Waals surface area (Å²) in [5.74, 6) is 0.0316. The van der Waals surface area contributed by atoms with Gasteiger partial charge in [0.2, 0.25) is 16.0 Å². The molecule has 0 spiro atoms. The summed E-state index contributed by atoms with van der Waals surface area (Å²) in [7, 11) is -1.58. The van der Waals surface area contributed by atoms with E-state index in [0.717, 1.165) is 35.2 Å². The van der Waals surface area contributed by atoms with Gasteiger partial charge in [-0.1, -0.05) is 0 Å². The SMILES string of the molecule is Cc1[nH]c(C#N)c(C)c1CN(C)C1CCN(S(=O)(=O)c2ccc(Nc3nccc(-c4ccc(F)cc4)n3)cc2)CC1. The van der Waals surface area contributed by atoms with Crippen LogP contribution in [0.1, 0.15) is 35.4 Å². The van der Waals surface area contributed by atoms with Crippen LogP contribution in [0.5, 0.6) is 0 Å². The molecular weight excluding hydrogens is 541 g/mol. The Morgan fingerprint density at radius 1 is 1.10 bits per heavy atom. The molecule has 2 aromatic heterocycles. The number of hydrogen-bond acceptors (Lipinski definition) is 7. The van der Waals surface area contributed by atoms with Gasteiger partial charge in [-0.05, 0) is 99.5 Å². The molecule has 0 saturated carbocycles. The second kappa shape index (κ2) is 11.8. The maximum absolute atomic E-state index is 13.4. The van der Waals surface area contributed by atoms with Crippen molar-refractivity contribution in [1.29, 1.82) is 5.26 Å². The first kappa shape index (κ1) is 28.4. The Hall–Kier alpha value is -4.11. The molecule has 0 amide bonds. The number of sulfonamides is 1. The predicted octanol–water partition coefficient (Wildman–Crippen LogP) is 5.13. The fourth-order valence-electron chi connectivity index (χ4n) is 5.23. The Balaban J connectivity index is 1.20. The fourth-order valence-corrected chi connectivity index (χ4v) is 6.70. The number of hydrogen-bond donors (Lipinski definition) is 2. The summed E-state index contributed by atoms with van der Waals surface area (Å²) in [6.07, 6.45) is 3.06. The number of nitrogens with one attached hydrogen (secondary N) is 2. The second-order valence-electron chi connectivity index (χ2n) is 10.3. The van der Waals surface area contributed by atoms with Crippen LogP contribution in [0.4, 0.5) is 16.0 Å². The first-order valence-corrected chi connectivity index (χ1v) is 14.8. The molecule has 1 aliphatic heterocycles. The molecule has 212 valence electrons. The van der Waals surface area contributed by atoms with Gasteiger partial charge in [0, 0.05) is 48.8 Å². The van der Waals surface area contributed by atoms with E-state index in [2.05, 4.69) is 38.3 Å². The first-order valence-electron chi connectivity index (χ1n) is 13.4. The number of aromatic nitrogens is 3. The summed E-state index contributed by atoms with van der Waals surface area (Å²) in [6.45, 7) is 5.52. The van der Waals surface area contributed by atoms with E-state index in [-0.39, 0.29) is 16.8 Å². The number of rotatable bonds is 8. The van der Waals surface area contributed by atoms with Crippen molar-refractivity contribution in [3.05, 3.63) is 89.1 Å². The van der Waals surface area contributed by atoms with Gasteiger partial charge in [-0.25, -0.2) is 22.8 Å². The number of anilines is 2. The maximum Gasteiger partial charge on any atom is 0.243 e. The molecule has 0 aliphatic carbocycles. The lowest BCUT2D eigenvalue weighted by Crippen LogP contribution is -2.45. The molecule has 4 aromatic rings. The van der Waals surface area contributed by atoms with Gasteiger partial charge in [0.25, 0.3) is 0 Å². The van der Waals surface area contributed by atoms with Gasteiger partial charge in [-0.3, -0.25) is 4.90 Å². The summed E-state index contributed by atoms with van der Waals surface area (Å²) in [5.41, 5.74) is 5.74. The number of H-pyrrole nitrogens is 1. The zero-order valence-electron chi connectivity index (χ0n) is 23.2. The lowest BCUT2D eigenvalue weighted by Gasteiger charge is -2.36. The minimum Gasteiger partial charge on any atom is -0.350 e. The second-order valence-corrected chi connectivity index (χ2v) is 12.3. The summed E-state index contributed by atoms with van der Waals surface area (Å²) in [5, 5.41) is 12.4. The smallest absolute Gasteiger partial charge is 0.243 e. The summed E-state index contributed by atoms with van der Waals surface area (Å²) in [6, 6.07) is 16.8. The van der Waals surface area contributed by atoms with Gasteiger partial charge in [0.1, 0.15) is 17.6 Å². The van der Waals surface area contributed by atoms with E-state index < -0.39 is 10.0 Å². The Morgan fingerprint density at radius 2 is 1.78 bits per heavy atom. The van der Waals surface area contributed by atoms with Crippen molar-refractivity contribution in [3.63, 3.8) is 0 Å². The molecular formula is C30H32FN7O2S. The molecule has 0 radical (unpaired) electrons. The van der Waals surface area contributed by atoms with Crippen LogP contribution in [0.3, 0.4) is 0 Å². The topological polar surface area (TPSA) is 118 Å². The van der Waals surface area contributed by atoms with Crippen LogP contribution in [0.25, 0.3) is 11.3 Å². The average Bonchev–Trinajstić information content (AvgIpc) is 3.25. The largest absolute Gasteiger partial charge is 0.350 e. The number of aryl methyl sites for hydroxylation is 1. The minimum atomic E-state index is -3.64. The zero-order chi connectivity index (χ0) is 29.1. The van der Waals surface area contributed by atoms with E-state index in [1.165, 1.54) is 12.1 Å². The number of halogens is 1. The van der Waals surface area contributed by atoms with Gasteiger partial charge in [0.15, 0.2) is 0 Å². The predicted molar refractivity (Wildman–Crippen MR) is 155 cm³/mol. The number of nitrogens with zero attached hydrogens (tertiary/aromatic N) is 5. The lowest BCUT2D eigenvalue weighted by molar-refractivity contribution is 0.162. The van der Waals surface area contributed by atoms with E-state index in [4.69, 9.17) is 0 Å². The highest BCUT2D eigenvalue weighted by molar-refractivity contribution is 7.89. The van der Waals surface area contributed by atoms with E-state index in [1.807, 2.05) is 13.8 Å². The minimum absolute atomic E-state index is 0.235. The number of nitriles is 1. The van der Waals surface area contributed by atoms with Gasteiger partial charge in [-0.2, -0.15) is 9.57 Å². The lowest BCUT2D eigenvalue weighted by atomic mass is 10.0. The van der Waals surface area contributed by atoms with Gasteiger partial charge in [0.05, 0.1) is 10.6 Å².